The molecule has 21 heavy (non-hydrogen) atoms. The number of amides is 1. The summed E-state index contributed by atoms with van der Waals surface area (Å²) in [6, 6.07) is 5.98. The second-order valence-corrected chi connectivity index (χ2v) is 4.87. The van der Waals surface area contributed by atoms with Gasteiger partial charge in [-0.2, -0.15) is 0 Å². The summed E-state index contributed by atoms with van der Waals surface area (Å²) in [7, 11) is 0. The summed E-state index contributed by atoms with van der Waals surface area (Å²) in [5.74, 6) is 0.0121. The Balaban J connectivity index is 2.15. The van der Waals surface area contributed by atoms with Crippen molar-refractivity contribution in [1.82, 2.24) is 10.2 Å². The van der Waals surface area contributed by atoms with Crippen molar-refractivity contribution in [2.45, 2.75) is 26.1 Å². The number of nitrogens with one attached hydrogen (secondary N) is 1. The third-order valence-electron chi connectivity index (χ3n) is 3.47. The lowest BCUT2D eigenvalue weighted by atomic mass is 10.1. The van der Waals surface area contributed by atoms with Gasteiger partial charge in [0.1, 0.15) is 6.17 Å². The number of rotatable bonds is 6. The smallest absolute Gasteiger partial charge is 0.269 e. The lowest BCUT2D eigenvalue weighted by Gasteiger charge is -2.24. The van der Waals surface area contributed by atoms with Crippen molar-refractivity contribution in [2.75, 3.05) is 19.8 Å². The number of hydrogen-bond donors (Lipinski definition) is 1. The first kappa shape index (κ1) is 15.4. The van der Waals surface area contributed by atoms with Crippen LogP contribution in [-0.2, 0) is 9.53 Å². The Kier molecular flexibility index (Phi) is 4.87. The molecule has 0 aliphatic carbocycles. The molecule has 0 radical (unpaired) electrons. The zero-order valence-corrected chi connectivity index (χ0v) is 12.1. The van der Waals surface area contributed by atoms with Gasteiger partial charge in [-0.1, -0.05) is 0 Å². The first-order chi connectivity index (χ1) is 10.0. The van der Waals surface area contributed by atoms with Gasteiger partial charge in [-0.15, -0.1) is 0 Å². The van der Waals surface area contributed by atoms with Gasteiger partial charge in [-0.25, -0.2) is 0 Å². The third kappa shape index (κ3) is 3.37. The average molecular weight is 293 g/mol. The van der Waals surface area contributed by atoms with Crippen molar-refractivity contribution >= 4 is 11.6 Å². The molecule has 1 heterocycles. The first-order valence-corrected chi connectivity index (χ1v) is 6.93. The van der Waals surface area contributed by atoms with Crippen molar-refractivity contribution in [3.63, 3.8) is 0 Å². The maximum absolute atomic E-state index is 12.2. The molecular formula is C14H19N3O4. The Morgan fingerprint density at radius 3 is 2.62 bits per heavy atom. The first-order valence-electron chi connectivity index (χ1n) is 6.93. The van der Waals surface area contributed by atoms with E-state index in [4.69, 9.17) is 4.74 Å². The minimum atomic E-state index is -0.438. The van der Waals surface area contributed by atoms with Gasteiger partial charge in [0.2, 0.25) is 5.91 Å². The van der Waals surface area contributed by atoms with E-state index in [0.29, 0.717) is 19.8 Å². The predicted molar refractivity (Wildman–Crippen MR) is 76.6 cm³/mol. The fourth-order valence-corrected chi connectivity index (χ4v) is 2.38. The Labute approximate surface area is 123 Å². The molecule has 2 rings (SSSR count). The van der Waals surface area contributed by atoms with Gasteiger partial charge in [-0.05, 0) is 31.5 Å². The fraction of sp³-hybridized carbons (Fsp3) is 0.500. The number of carbonyl (C=O) groups excluding carboxylic acids is 1. The maximum atomic E-state index is 12.2. The molecule has 1 aliphatic rings. The van der Waals surface area contributed by atoms with Crippen molar-refractivity contribution in [3.8, 4) is 0 Å². The van der Waals surface area contributed by atoms with E-state index in [9.17, 15) is 14.9 Å². The molecular weight excluding hydrogens is 274 g/mol. The van der Waals surface area contributed by atoms with Crippen LogP contribution in [-0.4, -0.2) is 41.5 Å². The van der Waals surface area contributed by atoms with Crippen molar-refractivity contribution < 1.29 is 14.5 Å². The van der Waals surface area contributed by atoms with Crippen molar-refractivity contribution in [1.29, 1.82) is 0 Å². The number of carbonyl (C=O) groups is 1. The number of nitrogens with zero attached hydrogens (tertiary/aromatic N) is 2. The van der Waals surface area contributed by atoms with Crippen LogP contribution in [0.3, 0.4) is 0 Å². The molecule has 114 valence electrons. The Bertz CT molecular complexity index is 517. The Hall–Kier alpha value is -1.99. The van der Waals surface area contributed by atoms with E-state index >= 15 is 0 Å². The predicted octanol–water partition coefficient (Wildman–Crippen LogP) is 1.45. The monoisotopic (exact) mass is 293 g/mol. The van der Waals surface area contributed by atoms with Crippen LogP contribution in [0.2, 0.25) is 0 Å². The Morgan fingerprint density at radius 1 is 1.38 bits per heavy atom. The molecule has 1 N–H and O–H groups in total. The fourth-order valence-electron chi connectivity index (χ4n) is 2.38. The summed E-state index contributed by atoms with van der Waals surface area (Å²) < 4.78 is 5.30. The van der Waals surface area contributed by atoms with Crippen molar-refractivity contribution in [2.24, 2.45) is 0 Å². The number of nitro groups is 1. The molecule has 1 aromatic carbocycles. The minimum absolute atomic E-state index is 0.0121. The van der Waals surface area contributed by atoms with Crippen LogP contribution in [0.5, 0.6) is 0 Å². The van der Waals surface area contributed by atoms with Gasteiger partial charge in [0.25, 0.3) is 5.69 Å². The Morgan fingerprint density at radius 2 is 2.05 bits per heavy atom. The molecule has 1 saturated heterocycles. The highest BCUT2D eigenvalue weighted by Crippen LogP contribution is 2.26. The van der Waals surface area contributed by atoms with Gasteiger partial charge in [0.05, 0.1) is 17.6 Å². The van der Waals surface area contributed by atoms with E-state index in [1.165, 1.54) is 12.1 Å². The van der Waals surface area contributed by atoms with E-state index in [1.54, 1.807) is 24.0 Å². The highest BCUT2D eigenvalue weighted by Gasteiger charge is 2.36. The summed E-state index contributed by atoms with van der Waals surface area (Å²) in [4.78, 5) is 24.1. The number of ether oxygens (including phenoxy) is 1. The summed E-state index contributed by atoms with van der Waals surface area (Å²) in [6.45, 7) is 5.28. The average Bonchev–Trinajstić information content (AvgIpc) is 2.76. The maximum Gasteiger partial charge on any atom is 0.269 e. The molecule has 1 aromatic rings. The van der Waals surface area contributed by atoms with Gasteiger partial charge >= 0.3 is 0 Å². The second kappa shape index (κ2) is 6.64. The summed E-state index contributed by atoms with van der Waals surface area (Å²) in [5, 5.41) is 13.9. The molecule has 0 saturated carbocycles. The van der Waals surface area contributed by atoms with Crippen LogP contribution >= 0.6 is 0 Å². The van der Waals surface area contributed by atoms with Gasteiger partial charge in [0, 0.05) is 25.3 Å². The van der Waals surface area contributed by atoms with Gasteiger partial charge in [0.15, 0.2) is 0 Å². The van der Waals surface area contributed by atoms with E-state index in [1.807, 2.05) is 6.92 Å². The van der Waals surface area contributed by atoms with E-state index in [-0.39, 0.29) is 23.8 Å². The zero-order valence-electron chi connectivity index (χ0n) is 12.1. The largest absolute Gasteiger partial charge is 0.380 e. The van der Waals surface area contributed by atoms with Gasteiger partial charge in [-0.3, -0.25) is 20.2 Å². The molecule has 1 fully saturated rings. The standard InChI is InChI=1S/C14H19N3O4/c1-3-21-9-8-16-13(15-10(2)14(16)18)11-4-6-12(7-5-11)17(19)20/h4-7,10,13,15H,3,8-9H2,1-2H3. The van der Waals surface area contributed by atoms with Gasteiger partial charge < -0.3 is 9.64 Å². The van der Waals surface area contributed by atoms with Crippen LogP contribution in [0.1, 0.15) is 25.6 Å². The number of benzene rings is 1. The summed E-state index contributed by atoms with van der Waals surface area (Å²) in [6.07, 6.45) is -0.270. The zero-order chi connectivity index (χ0) is 15.4. The second-order valence-electron chi connectivity index (χ2n) is 4.87. The molecule has 0 bridgehead atoms. The van der Waals surface area contributed by atoms with E-state index in [0.717, 1.165) is 5.56 Å². The van der Waals surface area contributed by atoms with E-state index < -0.39 is 4.92 Å². The molecule has 7 heteroatoms. The highest BCUT2D eigenvalue weighted by molar-refractivity contribution is 5.84. The normalized spacial score (nSPS) is 21.8. The number of non-ortho nitro benzene ring substituents is 1. The molecule has 0 spiro atoms. The molecule has 0 aromatic heterocycles. The van der Waals surface area contributed by atoms with E-state index in [2.05, 4.69) is 5.32 Å². The topological polar surface area (TPSA) is 84.7 Å². The molecule has 2 unspecified atom stereocenters. The SMILES string of the molecule is CCOCCN1C(=O)C(C)NC1c1ccc([N+](=O)[O-])cc1. The molecule has 1 amide bonds. The number of hydrogen-bond acceptors (Lipinski definition) is 5. The summed E-state index contributed by atoms with van der Waals surface area (Å²) >= 11 is 0. The molecule has 2 atom stereocenters. The van der Waals surface area contributed by atoms with Crippen LogP contribution in [0.4, 0.5) is 5.69 Å². The lowest BCUT2D eigenvalue weighted by molar-refractivity contribution is -0.384. The van der Waals surface area contributed by atoms with Crippen LogP contribution in [0.25, 0.3) is 0 Å². The minimum Gasteiger partial charge on any atom is -0.380 e. The highest BCUT2D eigenvalue weighted by atomic mass is 16.6. The van der Waals surface area contributed by atoms with Crippen LogP contribution < -0.4 is 5.32 Å². The third-order valence-corrected chi connectivity index (χ3v) is 3.47. The molecule has 7 nitrogen and oxygen atoms in total. The van der Waals surface area contributed by atoms with Crippen molar-refractivity contribution in [3.05, 3.63) is 39.9 Å². The lowest BCUT2D eigenvalue weighted by Crippen LogP contribution is -2.33. The van der Waals surface area contributed by atoms with Crippen LogP contribution in [0.15, 0.2) is 24.3 Å². The molecule has 1 aliphatic heterocycles. The quantitative estimate of drug-likeness (QED) is 0.487. The number of nitro benzene ring substituents is 1. The van der Waals surface area contributed by atoms with Crippen LogP contribution in [0, 0.1) is 10.1 Å². The summed E-state index contributed by atoms with van der Waals surface area (Å²) in [5.41, 5.74) is 0.867.